The maximum Gasteiger partial charge on any atom is 0.215 e. The molecule has 0 saturated heterocycles. The molecular formula is C9H10N2O2S. The van der Waals surface area contributed by atoms with Crippen molar-refractivity contribution in [3.63, 3.8) is 0 Å². The molecule has 1 aromatic rings. The van der Waals surface area contributed by atoms with Crippen LogP contribution in [-0.2, 0) is 10.0 Å². The minimum atomic E-state index is -3.59. The highest BCUT2D eigenvalue weighted by atomic mass is 32.2. The van der Waals surface area contributed by atoms with Crippen LogP contribution in [0, 0.1) is 11.3 Å². The Labute approximate surface area is 83.0 Å². The van der Waals surface area contributed by atoms with Crippen molar-refractivity contribution in [2.45, 2.75) is 12.2 Å². The first-order chi connectivity index (χ1) is 6.45. The molecule has 0 saturated carbocycles. The van der Waals surface area contributed by atoms with Crippen molar-refractivity contribution in [2.24, 2.45) is 5.14 Å². The summed E-state index contributed by atoms with van der Waals surface area (Å²) in [6.45, 7) is 1.49. The van der Waals surface area contributed by atoms with Crippen molar-refractivity contribution in [1.29, 1.82) is 5.26 Å². The van der Waals surface area contributed by atoms with Gasteiger partial charge in [-0.25, -0.2) is 13.6 Å². The Hall–Kier alpha value is -1.38. The average molecular weight is 210 g/mol. The van der Waals surface area contributed by atoms with Crippen LogP contribution in [0.1, 0.15) is 23.3 Å². The monoisotopic (exact) mass is 210 g/mol. The zero-order valence-corrected chi connectivity index (χ0v) is 8.45. The van der Waals surface area contributed by atoms with Gasteiger partial charge in [-0.15, -0.1) is 0 Å². The molecule has 0 aliphatic rings. The van der Waals surface area contributed by atoms with E-state index in [-0.39, 0.29) is 0 Å². The van der Waals surface area contributed by atoms with Crippen molar-refractivity contribution in [3.8, 4) is 6.07 Å². The lowest BCUT2D eigenvalue weighted by molar-refractivity contribution is 0.588. The predicted molar refractivity (Wildman–Crippen MR) is 52.7 cm³/mol. The highest BCUT2D eigenvalue weighted by molar-refractivity contribution is 7.89. The average Bonchev–Trinajstić information content (AvgIpc) is 2.15. The lowest BCUT2D eigenvalue weighted by atomic mass is 10.1. The molecule has 0 fully saturated rings. The molecule has 0 amide bonds. The lowest BCUT2D eigenvalue weighted by Crippen LogP contribution is -2.19. The van der Waals surface area contributed by atoms with Gasteiger partial charge in [0.15, 0.2) is 0 Å². The van der Waals surface area contributed by atoms with Gasteiger partial charge in [-0.2, -0.15) is 5.26 Å². The van der Waals surface area contributed by atoms with Gasteiger partial charge in [0.05, 0.1) is 16.9 Å². The standard InChI is InChI=1S/C9H10N2O2S/c1-7(14(11,12)13)9-4-2-3-8(5-9)6-10/h2-5,7H,1H3,(H2,11,12,13). The summed E-state index contributed by atoms with van der Waals surface area (Å²) >= 11 is 0. The van der Waals surface area contributed by atoms with Crippen molar-refractivity contribution in [1.82, 2.24) is 0 Å². The number of nitrogens with zero attached hydrogens (tertiary/aromatic N) is 1. The van der Waals surface area contributed by atoms with Gasteiger partial charge >= 0.3 is 0 Å². The molecule has 1 aromatic carbocycles. The van der Waals surface area contributed by atoms with Crippen molar-refractivity contribution >= 4 is 10.0 Å². The third kappa shape index (κ3) is 2.31. The van der Waals surface area contributed by atoms with Gasteiger partial charge in [0.1, 0.15) is 0 Å². The second kappa shape index (κ2) is 3.78. The SMILES string of the molecule is CC(c1cccc(C#N)c1)S(N)(=O)=O. The third-order valence-corrected chi connectivity index (χ3v) is 3.24. The number of rotatable bonds is 2. The molecule has 0 aliphatic heterocycles. The lowest BCUT2D eigenvalue weighted by Gasteiger charge is -2.08. The zero-order chi connectivity index (χ0) is 10.8. The molecule has 1 atom stereocenters. The Balaban J connectivity index is 3.16. The molecule has 2 N–H and O–H groups in total. The van der Waals surface area contributed by atoms with Crippen LogP contribution >= 0.6 is 0 Å². The molecule has 0 spiro atoms. The van der Waals surface area contributed by atoms with Gasteiger partial charge < -0.3 is 0 Å². The molecule has 0 heterocycles. The normalized spacial score (nSPS) is 13.2. The fourth-order valence-electron chi connectivity index (χ4n) is 1.05. The number of benzene rings is 1. The van der Waals surface area contributed by atoms with Crippen LogP contribution in [0.4, 0.5) is 0 Å². The van der Waals surface area contributed by atoms with Crippen LogP contribution < -0.4 is 5.14 Å². The van der Waals surface area contributed by atoms with Gasteiger partial charge in [0.2, 0.25) is 10.0 Å². The number of sulfonamides is 1. The van der Waals surface area contributed by atoms with Crippen LogP contribution in [0.2, 0.25) is 0 Å². The van der Waals surface area contributed by atoms with Crippen LogP contribution in [0.5, 0.6) is 0 Å². The first kappa shape index (κ1) is 10.7. The fraction of sp³-hybridized carbons (Fsp3) is 0.222. The van der Waals surface area contributed by atoms with E-state index in [1.807, 2.05) is 6.07 Å². The molecule has 1 unspecified atom stereocenters. The second-order valence-electron chi connectivity index (χ2n) is 2.97. The summed E-state index contributed by atoms with van der Waals surface area (Å²) in [7, 11) is -3.59. The molecule has 0 aliphatic carbocycles. The van der Waals surface area contributed by atoms with Crippen molar-refractivity contribution in [2.75, 3.05) is 0 Å². The minimum Gasteiger partial charge on any atom is -0.228 e. The smallest absolute Gasteiger partial charge is 0.215 e. The highest BCUT2D eigenvalue weighted by Crippen LogP contribution is 2.19. The number of nitrogens with two attached hydrogens (primary N) is 1. The number of hydrogen-bond donors (Lipinski definition) is 1. The summed E-state index contributed by atoms with van der Waals surface area (Å²) in [5, 5.41) is 12.8. The van der Waals surface area contributed by atoms with E-state index < -0.39 is 15.3 Å². The Kier molecular flexibility index (Phi) is 2.89. The topological polar surface area (TPSA) is 83.9 Å². The number of primary sulfonamides is 1. The van der Waals surface area contributed by atoms with Gasteiger partial charge in [-0.3, -0.25) is 0 Å². The maximum absolute atomic E-state index is 11.0. The van der Waals surface area contributed by atoms with E-state index >= 15 is 0 Å². The molecule has 4 nitrogen and oxygen atoms in total. The van der Waals surface area contributed by atoms with Crippen LogP contribution in [0.3, 0.4) is 0 Å². The van der Waals surface area contributed by atoms with E-state index in [9.17, 15) is 8.42 Å². The second-order valence-corrected chi connectivity index (χ2v) is 4.85. The van der Waals surface area contributed by atoms with E-state index in [4.69, 9.17) is 10.4 Å². The molecule has 5 heteroatoms. The van der Waals surface area contributed by atoms with Crippen molar-refractivity contribution in [3.05, 3.63) is 35.4 Å². The Morgan fingerprint density at radius 3 is 2.64 bits per heavy atom. The molecule has 0 bridgehead atoms. The van der Waals surface area contributed by atoms with Gasteiger partial charge in [0.25, 0.3) is 0 Å². The summed E-state index contributed by atoms with van der Waals surface area (Å²) in [4.78, 5) is 0. The molecule has 1 rings (SSSR count). The molecule has 74 valence electrons. The van der Waals surface area contributed by atoms with E-state index in [2.05, 4.69) is 0 Å². The van der Waals surface area contributed by atoms with Gasteiger partial charge in [0, 0.05) is 0 Å². The number of nitriles is 1. The quantitative estimate of drug-likeness (QED) is 0.787. The molecule has 0 radical (unpaired) electrons. The first-order valence-electron chi connectivity index (χ1n) is 3.97. The van der Waals surface area contributed by atoms with E-state index in [1.165, 1.54) is 13.0 Å². The van der Waals surface area contributed by atoms with E-state index in [0.717, 1.165) is 0 Å². The van der Waals surface area contributed by atoms with Crippen LogP contribution in [0.15, 0.2) is 24.3 Å². The maximum atomic E-state index is 11.0. The van der Waals surface area contributed by atoms with Crippen molar-refractivity contribution < 1.29 is 8.42 Å². The fourth-order valence-corrected chi connectivity index (χ4v) is 1.58. The summed E-state index contributed by atoms with van der Waals surface area (Å²) in [5.74, 6) is 0. The first-order valence-corrected chi connectivity index (χ1v) is 5.58. The van der Waals surface area contributed by atoms with Crippen LogP contribution in [0.25, 0.3) is 0 Å². The zero-order valence-electron chi connectivity index (χ0n) is 7.64. The summed E-state index contributed by atoms with van der Waals surface area (Å²) < 4.78 is 22.1. The number of hydrogen-bond acceptors (Lipinski definition) is 3. The highest BCUT2D eigenvalue weighted by Gasteiger charge is 2.17. The molecule has 0 aromatic heterocycles. The van der Waals surface area contributed by atoms with E-state index in [0.29, 0.717) is 11.1 Å². The third-order valence-electron chi connectivity index (χ3n) is 1.98. The van der Waals surface area contributed by atoms with E-state index in [1.54, 1.807) is 18.2 Å². The molecular weight excluding hydrogens is 200 g/mol. The minimum absolute atomic E-state index is 0.429. The Morgan fingerprint density at radius 1 is 1.50 bits per heavy atom. The van der Waals surface area contributed by atoms with Gasteiger partial charge in [-0.05, 0) is 24.6 Å². The summed E-state index contributed by atoms with van der Waals surface area (Å²) in [6.07, 6.45) is 0. The van der Waals surface area contributed by atoms with Crippen LogP contribution in [-0.4, -0.2) is 8.42 Å². The molecule has 14 heavy (non-hydrogen) atoms. The Morgan fingerprint density at radius 2 is 2.14 bits per heavy atom. The summed E-state index contributed by atoms with van der Waals surface area (Å²) in [5.41, 5.74) is 0.963. The largest absolute Gasteiger partial charge is 0.228 e. The van der Waals surface area contributed by atoms with Gasteiger partial charge in [-0.1, -0.05) is 12.1 Å². The Bertz CT molecular complexity index is 474. The predicted octanol–water partition coefficient (Wildman–Crippen LogP) is 0.908. The summed E-state index contributed by atoms with van der Waals surface area (Å²) in [6, 6.07) is 8.34.